The average molecular weight is 554 g/mol. The van der Waals surface area contributed by atoms with Crippen molar-refractivity contribution in [2.24, 2.45) is 4.99 Å². The summed E-state index contributed by atoms with van der Waals surface area (Å²) >= 11 is 7.75. The molecule has 9 nitrogen and oxygen atoms in total. The van der Waals surface area contributed by atoms with E-state index in [9.17, 15) is 14.9 Å². The Morgan fingerprint density at radius 2 is 1.74 bits per heavy atom. The maximum atomic E-state index is 12.6. The molecule has 11 heteroatoms. The van der Waals surface area contributed by atoms with Crippen molar-refractivity contribution < 1.29 is 23.9 Å². The van der Waals surface area contributed by atoms with Crippen molar-refractivity contribution in [1.29, 1.82) is 0 Å². The first kappa shape index (κ1) is 27.0. The number of nitrogens with zero attached hydrogens (tertiary/aromatic N) is 2. The minimum atomic E-state index is -0.459. The summed E-state index contributed by atoms with van der Waals surface area (Å²) in [5.41, 5.74) is 2.08. The number of aliphatic imine (C=N–C) groups is 1. The van der Waals surface area contributed by atoms with Gasteiger partial charge in [-0.3, -0.25) is 14.9 Å². The molecule has 0 spiro atoms. The van der Waals surface area contributed by atoms with Gasteiger partial charge in [-0.15, -0.1) is 0 Å². The van der Waals surface area contributed by atoms with Gasteiger partial charge in [-0.1, -0.05) is 11.6 Å². The molecule has 1 heterocycles. The minimum absolute atomic E-state index is 0.000629. The van der Waals surface area contributed by atoms with Gasteiger partial charge in [0.15, 0.2) is 16.7 Å². The minimum Gasteiger partial charge on any atom is -0.494 e. The molecule has 0 aromatic heterocycles. The normalized spacial score (nSPS) is 15.0. The first-order valence-corrected chi connectivity index (χ1v) is 12.9. The standard InChI is InChI=1S/C27H24ClN3O6S/c1-3-35-21-11-7-19(8-12-21)29-27-30-26(32)24(38-27)15-18-13-22(28)25(23(14-18)36-4-2)37-16-17-5-9-20(10-6-17)31(33)34/h5-15H,3-4,16H2,1-2H3,(H,29,30,32)/b24-15+. The lowest BCUT2D eigenvalue weighted by atomic mass is 10.1. The molecule has 0 atom stereocenters. The van der Waals surface area contributed by atoms with E-state index < -0.39 is 4.92 Å². The number of halogens is 1. The van der Waals surface area contributed by atoms with Crippen LogP contribution in [0.4, 0.5) is 11.4 Å². The highest BCUT2D eigenvalue weighted by Crippen LogP contribution is 2.39. The van der Waals surface area contributed by atoms with Crippen molar-refractivity contribution in [2.75, 3.05) is 13.2 Å². The van der Waals surface area contributed by atoms with Crippen LogP contribution in [0.5, 0.6) is 17.2 Å². The van der Waals surface area contributed by atoms with E-state index in [1.165, 1.54) is 23.9 Å². The fourth-order valence-corrected chi connectivity index (χ4v) is 4.59. The smallest absolute Gasteiger partial charge is 0.269 e. The van der Waals surface area contributed by atoms with E-state index in [2.05, 4.69) is 10.3 Å². The largest absolute Gasteiger partial charge is 0.494 e. The van der Waals surface area contributed by atoms with Crippen LogP contribution < -0.4 is 19.5 Å². The van der Waals surface area contributed by atoms with Crippen molar-refractivity contribution in [3.05, 3.63) is 91.8 Å². The van der Waals surface area contributed by atoms with Gasteiger partial charge in [0.25, 0.3) is 11.6 Å². The number of amides is 1. The quantitative estimate of drug-likeness (QED) is 0.173. The van der Waals surface area contributed by atoms with Gasteiger partial charge in [0, 0.05) is 12.1 Å². The second-order valence-electron chi connectivity index (χ2n) is 7.88. The van der Waals surface area contributed by atoms with Crippen LogP contribution in [0.3, 0.4) is 0 Å². The van der Waals surface area contributed by atoms with Crippen LogP contribution in [0, 0.1) is 10.1 Å². The zero-order chi connectivity index (χ0) is 27.1. The summed E-state index contributed by atoms with van der Waals surface area (Å²) in [4.78, 5) is 27.9. The maximum absolute atomic E-state index is 12.6. The monoisotopic (exact) mass is 553 g/mol. The molecule has 3 aromatic rings. The van der Waals surface area contributed by atoms with Crippen LogP contribution in [0.25, 0.3) is 6.08 Å². The highest BCUT2D eigenvalue weighted by Gasteiger charge is 2.24. The molecule has 1 aliphatic heterocycles. The molecule has 1 aliphatic rings. The van der Waals surface area contributed by atoms with E-state index in [0.717, 1.165) is 11.3 Å². The molecule has 38 heavy (non-hydrogen) atoms. The zero-order valence-corrected chi connectivity index (χ0v) is 22.2. The van der Waals surface area contributed by atoms with Gasteiger partial charge in [0.1, 0.15) is 12.4 Å². The summed E-state index contributed by atoms with van der Waals surface area (Å²) in [6.07, 6.45) is 1.70. The summed E-state index contributed by atoms with van der Waals surface area (Å²) in [5, 5.41) is 14.4. The number of thioether (sulfide) groups is 1. The van der Waals surface area contributed by atoms with Crippen LogP contribution >= 0.6 is 23.4 Å². The van der Waals surface area contributed by atoms with Crippen molar-refractivity contribution in [2.45, 2.75) is 20.5 Å². The number of rotatable bonds is 10. The molecule has 0 saturated carbocycles. The van der Waals surface area contributed by atoms with Gasteiger partial charge in [-0.25, -0.2) is 4.99 Å². The molecule has 1 fully saturated rings. The van der Waals surface area contributed by atoms with E-state index in [1.807, 2.05) is 38.1 Å². The average Bonchev–Trinajstić information content (AvgIpc) is 3.23. The number of nitro groups is 1. The van der Waals surface area contributed by atoms with Gasteiger partial charge in [0.05, 0.1) is 33.8 Å². The van der Waals surface area contributed by atoms with Gasteiger partial charge >= 0.3 is 0 Å². The first-order valence-electron chi connectivity index (χ1n) is 11.7. The second-order valence-corrected chi connectivity index (χ2v) is 9.32. The Kier molecular flexibility index (Phi) is 8.88. The number of hydrogen-bond donors (Lipinski definition) is 1. The number of amidine groups is 1. The number of non-ortho nitro benzene ring substituents is 1. The molecular weight excluding hydrogens is 530 g/mol. The number of ether oxygens (including phenoxy) is 3. The number of hydrogen-bond acceptors (Lipinski definition) is 8. The van der Waals surface area contributed by atoms with Crippen LogP contribution in [0.2, 0.25) is 5.02 Å². The van der Waals surface area contributed by atoms with Crippen LogP contribution in [-0.2, 0) is 11.4 Å². The van der Waals surface area contributed by atoms with Gasteiger partial charge in [-0.2, -0.15) is 0 Å². The molecular formula is C27H24ClN3O6S. The molecule has 0 radical (unpaired) electrons. The molecule has 1 N–H and O–H groups in total. The SMILES string of the molecule is CCOc1ccc(N=C2NC(=O)/C(=C\c3cc(Cl)c(OCc4ccc([N+](=O)[O-])cc4)c(OCC)c3)S2)cc1. The third-order valence-corrected chi connectivity index (χ3v) is 6.38. The lowest BCUT2D eigenvalue weighted by Gasteiger charge is -2.14. The van der Waals surface area contributed by atoms with Gasteiger partial charge < -0.3 is 19.5 Å². The number of nitrogens with one attached hydrogen (secondary N) is 1. The Morgan fingerprint density at radius 3 is 2.39 bits per heavy atom. The van der Waals surface area contributed by atoms with Gasteiger partial charge in [-0.05, 0) is 91.3 Å². The molecule has 1 amide bonds. The third kappa shape index (κ3) is 6.84. The van der Waals surface area contributed by atoms with Crippen molar-refractivity contribution in [3.63, 3.8) is 0 Å². The topological polar surface area (TPSA) is 112 Å². The number of benzene rings is 3. The van der Waals surface area contributed by atoms with Crippen molar-refractivity contribution in [1.82, 2.24) is 5.32 Å². The number of carbonyl (C=O) groups is 1. The lowest BCUT2D eigenvalue weighted by molar-refractivity contribution is -0.384. The molecule has 196 valence electrons. The van der Waals surface area contributed by atoms with E-state index in [1.54, 1.807) is 30.3 Å². The van der Waals surface area contributed by atoms with E-state index in [-0.39, 0.29) is 18.2 Å². The van der Waals surface area contributed by atoms with Crippen LogP contribution in [0.15, 0.2) is 70.6 Å². The second kappa shape index (κ2) is 12.5. The maximum Gasteiger partial charge on any atom is 0.269 e. The molecule has 0 bridgehead atoms. The highest BCUT2D eigenvalue weighted by molar-refractivity contribution is 8.18. The van der Waals surface area contributed by atoms with E-state index in [0.29, 0.717) is 51.1 Å². The Bertz CT molecular complexity index is 1390. The molecule has 0 aliphatic carbocycles. The Morgan fingerprint density at radius 1 is 1.03 bits per heavy atom. The zero-order valence-electron chi connectivity index (χ0n) is 20.6. The van der Waals surface area contributed by atoms with Crippen molar-refractivity contribution in [3.8, 4) is 17.2 Å². The predicted octanol–water partition coefficient (Wildman–Crippen LogP) is 6.52. The molecule has 4 rings (SSSR count). The summed E-state index contributed by atoms with van der Waals surface area (Å²) in [5.74, 6) is 1.24. The molecule has 0 unspecified atom stereocenters. The summed E-state index contributed by atoms with van der Waals surface area (Å²) in [7, 11) is 0. The first-order chi connectivity index (χ1) is 18.4. The summed E-state index contributed by atoms with van der Waals surface area (Å²) in [6.45, 7) is 4.85. The van der Waals surface area contributed by atoms with E-state index in [4.69, 9.17) is 25.8 Å². The fourth-order valence-electron chi connectivity index (χ4n) is 3.48. The predicted molar refractivity (Wildman–Crippen MR) is 148 cm³/mol. The number of nitro benzene ring substituents is 1. The number of carbonyl (C=O) groups excluding carboxylic acids is 1. The summed E-state index contributed by atoms with van der Waals surface area (Å²) in [6, 6.07) is 16.8. The lowest BCUT2D eigenvalue weighted by Crippen LogP contribution is -2.19. The highest BCUT2D eigenvalue weighted by atomic mass is 35.5. The van der Waals surface area contributed by atoms with Crippen molar-refractivity contribution >= 4 is 51.9 Å². The Balaban J connectivity index is 1.50. The Labute approximate surface area is 228 Å². The Hall–Kier alpha value is -4.02. The third-order valence-electron chi connectivity index (χ3n) is 5.19. The van der Waals surface area contributed by atoms with Crippen LogP contribution in [0.1, 0.15) is 25.0 Å². The van der Waals surface area contributed by atoms with E-state index >= 15 is 0 Å². The molecule has 1 saturated heterocycles. The van der Waals surface area contributed by atoms with Gasteiger partial charge in [0.2, 0.25) is 0 Å². The molecule has 3 aromatic carbocycles. The fraction of sp³-hybridized carbons (Fsp3) is 0.185. The summed E-state index contributed by atoms with van der Waals surface area (Å²) < 4.78 is 17.1. The van der Waals surface area contributed by atoms with Crippen LogP contribution in [-0.4, -0.2) is 29.2 Å².